The highest BCUT2D eigenvalue weighted by atomic mass is 79.9. The lowest BCUT2D eigenvalue weighted by Gasteiger charge is -2.15. The lowest BCUT2D eigenvalue weighted by atomic mass is 10.1. The van der Waals surface area contributed by atoms with E-state index >= 15 is 0 Å². The first-order valence-corrected chi connectivity index (χ1v) is 12.1. The number of benzene rings is 3. The molecule has 1 atom stereocenters. The molecule has 0 aromatic heterocycles. The van der Waals surface area contributed by atoms with Crippen LogP contribution in [-0.4, -0.2) is 20.9 Å². The van der Waals surface area contributed by atoms with E-state index in [0.29, 0.717) is 4.47 Å². The van der Waals surface area contributed by atoms with Gasteiger partial charge in [-0.3, -0.25) is 4.79 Å². The van der Waals surface area contributed by atoms with Crippen molar-refractivity contribution in [2.75, 3.05) is 11.9 Å². The predicted octanol–water partition coefficient (Wildman–Crippen LogP) is 5.30. The molecule has 0 saturated carbocycles. The summed E-state index contributed by atoms with van der Waals surface area (Å²) in [5, 5.41) is 2.41. The largest absolute Gasteiger partial charge is 0.482 e. The van der Waals surface area contributed by atoms with Gasteiger partial charge in [-0.2, -0.15) is 0 Å². The standard InChI is InChI=1S/C22H19BrClFN2O4S/c1-14(15-5-3-2-4-6-15)27-32(29,30)17-8-10-21(18(24)12-17)31-13-22(28)26-20-9-7-16(23)11-19(20)25/h2-12,14,27H,13H2,1H3,(H,26,28)/t14-/m1/s1. The topological polar surface area (TPSA) is 84.5 Å². The van der Waals surface area contributed by atoms with Crippen molar-refractivity contribution in [2.45, 2.75) is 17.9 Å². The van der Waals surface area contributed by atoms with Crippen molar-refractivity contribution in [3.8, 4) is 5.75 Å². The molecule has 0 radical (unpaired) electrons. The monoisotopic (exact) mass is 540 g/mol. The van der Waals surface area contributed by atoms with E-state index in [-0.39, 0.29) is 21.4 Å². The van der Waals surface area contributed by atoms with Crippen molar-refractivity contribution >= 4 is 49.1 Å². The molecule has 3 aromatic carbocycles. The number of nitrogens with one attached hydrogen (secondary N) is 2. The number of carbonyl (C=O) groups is 1. The number of hydrogen-bond donors (Lipinski definition) is 2. The summed E-state index contributed by atoms with van der Waals surface area (Å²) >= 11 is 9.30. The molecule has 3 rings (SSSR count). The number of halogens is 3. The van der Waals surface area contributed by atoms with Crippen molar-refractivity contribution in [1.29, 1.82) is 0 Å². The molecule has 168 valence electrons. The Morgan fingerprint density at radius 3 is 2.50 bits per heavy atom. The second-order valence-electron chi connectivity index (χ2n) is 6.81. The molecule has 0 unspecified atom stereocenters. The van der Waals surface area contributed by atoms with Gasteiger partial charge in [0.05, 0.1) is 15.6 Å². The van der Waals surface area contributed by atoms with E-state index in [0.717, 1.165) is 5.56 Å². The fraction of sp³-hybridized carbons (Fsp3) is 0.136. The maximum Gasteiger partial charge on any atom is 0.262 e. The molecule has 1 amide bonds. The molecule has 0 fully saturated rings. The summed E-state index contributed by atoms with van der Waals surface area (Å²) in [6.07, 6.45) is 0. The van der Waals surface area contributed by atoms with Gasteiger partial charge in [-0.05, 0) is 48.9 Å². The summed E-state index contributed by atoms with van der Waals surface area (Å²) in [5.74, 6) is -1.08. The first-order valence-electron chi connectivity index (χ1n) is 9.40. The highest BCUT2D eigenvalue weighted by molar-refractivity contribution is 9.10. The zero-order valence-electron chi connectivity index (χ0n) is 16.8. The van der Waals surface area contributed by atoms with Gasteiger partial charge in [0, 0.05) is 10.5 Å². The number of amides is 1. The van der Waals surface area contributed by atoms with Crippen molar-refractivity contribution < 1.29 is 22.3 Å². The lowest BCUT2D eigenvalue weighted by molar-refractivity contribution is -0.118. The molecule has 3 aromatic rings. The molecule has 0 aliphatic carbocycles. The average Bonchev–Trinajstić information content (AvgIpc) is 2.75. The minimum atomic E-state index is -3.84. The molecule has 0 aliphatic rings. The summed E-state index contributed by atoms with van der Waals surface area (Å²) < 4.78 is 47.7. The number of rotatable bonds is 8. The van der Waals surface area contributed by atoms with Gasteiger partial charge in [-0.25, -0.2) is 17.5 Å². The Morgan fingerprint density at radius 1 is 1.12 bits per heavy atom. The number of sulfonamides is 1. The fourth-order valence-electron chi connectivity index (χ4n) is 2.80. The van der Waals surface area contributed by atoms with Crippen LogP contribution >= 0.6 is 27.5 Å². The molecular formula is C22H19BrClFN2O4S. The second-order valence-corrected chi connectivity index (χ2v) is 9.84. The van der Waals surface area contributed by atoms with Gasteiger partial charge in [0.1, 0.15) is 11.6 Å². The summed E-state index contributed by atoms with van der Waals surface area (Å²) in [7, 11) is -3.84. The van der Waals surface area contributed by atoms with E-state index in [1.807, 2.05) is 30.3 Å². The van der Waals surface area contributed by atoms with Crippen molar-refractivity contribution in [1.82, 2.24) is 4.72 Å². The maximum absolute atomic E-state index is 13.8. The van der Waals surface area contributed by atoms with E-state index < -0.39 is 34.4 Å². The van der Waals surface area contributed by atoms with Crippen LogP contribution in [0.5, 0.6) is 5.75 Å². The Labute approximate surface area is 198 Å². The Kier molecular flexibility index (Phi) is 7.89. The molecule has 0 heterocycles. The number of anilines is 1. The lowest BCUT2D eigenvalue weighted by Crippen LogP contribution is -2.27. The minimum Gasteiger partial charge on any atom is -0.482 e. The first-order chi connectivity index (χ1) is 15.2. The zero-order valence-corrected chi connectivity index (χ0v) is 20.0. The second kappa shape index (κ2) is 10.4. The van der Waals surface area contributed by atoms with Gasteiger partial charge in [0.15, 0.2) is 6.61 Å². The number of ether oxygens (including phenoxy) is 1. The molecule has 32 heavy (non-hydrogen) atoms. The predicted molar refractivity (Wildman–Crippen MR) is 125 cm³/mol. The minimum absolute atomic E-state index is 0.00736. The number of hydrogen-bond acceptors (Lipinski definition) is 4. The van der Waals surface area contributed by atoms with Crippen LogP contribution in [0.2, 0.25) is 5.02 Å². The molecule has 10 heteroatoms. The third-order valence-corrected chi connectivity index (χ3v) is 6.74. The summed E-state index contributed by atoms with van der Waals surface area (Å²) in [6, 6.07) is 16.8. The van der Waals surface area contributed by atoms with E-state index in [4.69, 9.17) is 16.3 Å². The van der Waals surface area contributed by atoms with Gasteiger partial charge in [-0.15, -0.1) is 0 Å². The quantitative estimate of drug-likeness (QED) is 0.405. The van der Waals surface area contributed by atoms with E-state index in [9.17, 15) is 17.6 Å². The van der Waals surface area contributed by atoms with Crippen LogP contribution in [-0.2, 0) is 14.8 Å². The molecule has 6 nitrogen and oxygen atoms in total. The average molecular weight is 542 g/mol. The van der Waals surface area contributed by atoms with Crippen LogP contribution in [0.1, 0.15) is 18.5 Å². The summed E-state index contributed by atoms with van der Waals surface area (Å²) in [5.41, 5.74) is 0.822. The molecule has 0 spiro atoms. The molecular weight excluding hydrogens is 523 g/mol. The Balaban J connectivity index is 1.63. The van der Waals surface area contributed by atoms with Crippen molar-refractivity contribution in [3.63, 3.8) is 0 Å². The van der Waals surface area contributed by atoms with Gasteiger partial charge < -0.3 is 10.1 Å². The molecule has 2 N–H and O–H groups in total. The van der Waals surface area contributed by atoms with Gasteiger partial charge in [0.2, 0.25) is 10.0 Å². The van der Waals surface area contributed by atoms with E-state index in [1.165, 1.54) is 30.3 Å². The third-order valence-electron chi connectivity index (χ3n) is 4.41. The van der Waals surface area contributed by atoms with Crippen LogP contribution < -0.4 is 14.8 Å². The summed E-state index contributed by atoms with van der Waals surface area (Å²) in [4.78, 5) is 12.0. The highest BCUT2D eigenvalue weighted by Crippen LogP contribution is 2.28. The molecule has 0 bridgehead atoms. The summed E-state index contributed by atoms with van der Waals surface area (Å²) in [6.45, 7) is 1.30. The Bertz CT molecular complexity index is 1230. The normalized spacial score (nSPS) is 12.2. The van der Waals surface area contributed by atoms with Crippen molar-refractivity contribution in [2.24, 2.45) is 0 Å². The van der Waals surface area contributed by atoms with E-state index in [1.54, 1.807) is 13.0 Å². The SMILES string of the molecule is C[C@@H](NS(=O)(=O)c1ccc(OCC(=O)Nc2ccc(Br)cc2F)c(Cl)c1)c1ccccc1. The Morgan fingerprint density at radius 2 is 1.84 bits per heavy atom. The van der Waals surface area contributed by atoms with Crippen LogP contribution in [0, 0.1) is 5.82 Å². The highest BCUT2D eigenvalue weighted by Gasteiger charge is 2.20. The van der Waals surface area contributed by atoms with Gasteiger partial charge >= 0.3 is 0 Å². The van der Waals surface area contributed by atoms with Crippen LogP contribution in [0.4, 0.5) is 10.1 Å². The van der Waals surface area contributed by atoms with Crippen LogP contribution in [0.3, 0.4) is 0 Å². The van der Waals surface area contributed by atoms with Crippen molar-refractivity contribution in [3.05, 3.63) is 87.6 Å². The smallest absolute Gasteiger partial charge is 0.262 e. The van der Waals surface area contributed by atoms with Gasteiger partial charge in [-0.1, -0.05) is 57.9 Å². The van der Waals surface area contributed by atoms with E-state index in [2.05, 4.69) is 26.0 Å². The van der Waals surface area contributed by atoms with Crippen LogP contribution in [0.15, 0.2) is 76.1 Å². The molecule has 0 saturated heterocycles. The van der Waals surface area contributed by atoms with Crippen LogP contribution in [0.25, 0.3) is 0 Å². The third kappa shape index (κ3) is 6.29. The first kappa shape index (κ1) is 24.2. The Hall–Kier alpha value is -2.46. The molecule has 0 aliphatic heterocycles. The zero-order chi connectivity index (χ0) is 23.3. The fourth-order valence-corrected chi connectivity index (χ4v) is 4.69. The maximum atomic E-state index is 13.8. The van der Waals surface area contributed by atoms with Gasteiger partial charge in [0.25, 0.3) is 5.91 Å². The number of carbonyl (C=O) groups excluding carboxylic acids is 1.